The maximum Gasteiger partial charge on any atom is 0.264 e. The van der Waals surface area contributed by atoms with Crippen LogP contribution in [0.3, 0.4) is 0 Å². The first-order valence-corrected chi connectivity index (χ1v) is 4.62. The van der Waals surface area contributed by atoms with Crippen LogP contribution in [0, 0.1) is 0 Å². The molecule has 0 bridgehead atoms. The molecule has 0 rings (SSSR count). The Bertz CT molecular complexity index is 154. The minimum absolute atomic E-state index is 0. The summed E-state index contributed by atoms with van der Waals surface area (Å²) in [4.78, 5) is 0. The molecule has 11 heavy (non-hydrogen) atoms. The molecule has 0 saturated heterocycles. The number of unbranched alkanes of at least 4 members (excludes halogenated alkanes) is 2. The third kappa shape index (κ3) is 18.1. The van der Waals surface area contributed by atoms with E-state index in [2.05, 4.69) is 0 Å². The molecule has 3 N–H and O–H groups in total. The second kappa shape index (κ2) is 8.96. The van der Waals surface area contributed by atoms with Crippen molar-refractivity contribution in [3.05, 3.63) is 0 Å². The third-order valence-corrected chi connectivity index (χ3v) is 1.81. The summed E-state index contributed by atoms with van der Waals surface area (Å²) in [5.41, 5.74) is 0. The molecule has 0 unspecified atom stereocenters. The maximum atomic E-state index is 10.1. The van der Waals surface area contributed by atoms with Gasteiger partial charge in [0.05, 0.1) is 5.75 Å². The minimum atomic E-state index is -3.70. The van der Waals surface area contributed by atoms with Gasteiger partial charge in [-0.25, -0.2) is 0 Å². The van der Waals surface area contributed by atoms with Gasteiger partial charge in [0.2, 0.25) is 0 Å². The number of rotatable bonds is 4. The molecule has 4 nitrogen and oxygen atoms in total. The van der Waals surface area contributed by atoms with E-state index in [0.29, 0.717) is 6.42 Å². The summed E-state index contributed by atoms with van der Waals surface area (Å²) in [5.74, 6) is -0.0964. The van der Waals surface area contributed by atoms with Crippen molar-refractivity contribution in [3.63, 3.8) is 0 Å². The van der Waals surface area contributed by atoms with Crippen LogP contribution < -0.4 is 0 Å². The zero-order valence-corrected chi connectivity index (χ0v) is 9.82. The minimum Gasteiger partial charge on any atom is -0.412 e. The molecule has 0 aliphatic carbocycles. The predicted octanol–water partition coefficient (Wildman–Crippen LogP) is -0.141. The van der Waals surface area contributed by atoms with E-state index in [0.717, 1.165) is 12.8 Å². The van der Waals surface area contributed by atoms with Gasteiger partial charge in [-0.15, -0.1) is 0 Å². The molecule has 1 radical (unpaired) electrons. The van der Waals surface area contributed by atoms with Crippen molar-refractivity contribution in [2.24, 2.45) is 0 Å². The van der Waals surface area contributed by atoms with Crippen molar-refractivity contribution in [2.45, 2.75) is 26.2 Å². The average molecular weight is 193 g/mol. The van der Waals surface area contributed by atoms with E-state index in [-0.39, 0.29) is 40.8 Å². The fourth-order valence-electron chi connectivity index (χ4n) is 0.534. The van der Waals surface area contributed by atoms with E-state index < -0.39 is 10.1 Å². The summed E-state index contributed by atoms with van der Waals surface area (Å²) in [6.45, 7) is 1.98. The van der Waals surface area contributed by atoms with Crippen molar-refractivity contribution < 1.29 is 18.4 Å². The van der Waals surface area contributed by atoms with Gasteiger partial charge in [0.15, 0.2) is 0 Å². The first-order valence-electron chi connectivity index (χ1n) is 3.01. The summed E-state index contributed by atoms with van der Waals surface area (Å²) in [7, 11) is -3.70. The van der Waals surface area contributed by atoms with Crippen LogP contribution in [-0.4, -0.2) is 53.8 Å². The molecule has 0 aromatic carbocycles. The fourth-order valence-corrected chi connectivity index (χ4v) is 1.10. The van der Waals surface area contributed by atoms with Gasteiger partial charge in [-0.1, -0.05) is 19.8 Å². The molecule has 65 valence electrons. The van der Waals surface area contributed by atoms with Crippen molar-refractivity contribution in [1.82, 2.24) is 0 Å². The normalized spacial score (nSPS) is 9.64. The zero-order valence-electron chi connectivity index (χ0n) is 7.00. The SMILES string of the molecule is CCCCCS(=O)(=O)O.O.[Na]. The Morgan fingerprint density at radius 3 is 2.00 bits per heavy atom. The standard InChI is InChI=1S/C5H12O3S.Na.H2O/c1-2-3-4-5-9(6,7)8;;/h2-5H2,1H3,(H,6,7,8);;1H2. The van der Waals surface area contributed by atoms with E-state index in [1.807, 2.05) is 6.92 Å². The summed E-state index contributed by atoms with van der Waals surface area (Å²) >= 11 is 0. The van der Waals surface area contributed by atoms with Crippen LogP contribution in [0.2, 0.25) is 0 Å². The average Bonchev–Trinajstić information content (AvgIpc) is 1.63. The summed E-state index contributed by atoms with van der Waals surface area (Å²) in [6, 6.07) is 0. The zero-order chi connectivity index (χ0) is 7.33. The quantitative estimate of drug-likeness (QED) is 0.383. The van der Waals surface area contributed by atoms with Gasteiger partial charge in [0.1, 0.15) is 0 Å². The number of hydrogen-bond acceptors (Lipinski definition) is 2. The Morgan fingerprint density at radius 2 is 1.73 bits per heavy atom. The summed E-state index contributed by atoms with van der Waals surface area (Å²) in [6.07, 6.45) is 2.39. The molecular formula is C5H14NaO4S. The molecule has 0 amide bonds. The van der Waals surface area contributed by atoms with Crippen molar-refractivity contribution >= 4 is 39.7 Å². The topological polar surface area (TPSA) is 85.9 Å². The van der Waals surface area contributed by atoms with Crippen LogP contribution in [0.4, 0.5) is 0 Å². The second-order valence-corrected chi connectivity index (χ2v) is 3.57. The smallest absolute Gasteiger partial charge is 0.264 e. The van der Waals surface area contributed by atoms with Crippen LogP contribution in [0.15, 0.2) is 0 Å². The largest absolute Gasteiger partial charge is 0.412 e. The van der Waals surface area contributed by atoms with Gasteiger partial charge >= 0.3 is 0 Å². The van der Waals surface area contributed by atoms with Gasteiger partial charge in [-0.2, -0.15) is 8.42 Å². The Hall–Kier alpha value is 0.870. The van der Waals surface area contributed by atoms with E-state index >= 15 is 0 Å². The molecule has 0 aliphatic rings. The first-order chi connectivity index (χ1) is 4.06. The molecular weight excluding hydrogens is 179 g/mol. The monoisotopic (exact) mass is 193 g/mol. The molecule has 0 heterocycles. The molecule has 0 atom stereocenters. The van der Waals surface area contributed by atoms with Crippen LogP contribution >= 0.6 is 0 Å². The summed E-state index contributed by atoms with van der Waals surface area (Å²) in [5, 5.41) is 0. The van der Waals surface area contributed by atoms with Crippen LogP contribution in [0.25, 0.3) is 0 Å². The van der Waals surface area contributed by atoms with E-state index in [1.54, 1.807) is 0 Å². The van der Waals surface area contributed by atoms with Crippen LogP contribution in [-0.2, 0) is 10.1 Å². The van der Waals surface area contributed by atoms with Gasteiger partial charge in [-0.05, 0) is 6.42 Å². The van der Waals surface area contributed by atoms with Crippen molar-refractivity contribution in [3.8, 4) is 0 Å². The van der Waals surface area contributed by atoms with Gasteiger partial charge in [0.25, 0.3) is 10.1 Å². The van der Waals surface area contributed by atoms with Crippen molar-refractivity contribution in [1.29, 1.82) is 0 Å². The Labute approximate surface area is 89.7 Å². The fraction of sp³-hybridized carbons (Fsp3) is 1.00. The van der Waals surface area contributed by atoms with E-state index in [1.165, 1.54) is 0 Å². The first kappa shape index (κ1) is 17.8. The Balaban J connectivity index is -0.000000320. The molecule has 0 aromatic rings. The van der Waals surface area contributed by atoms with Gasteiger partial charge in [-0.3, -0.25) is 4.55 Å². The Morgan fingerprint density at radius 1 is 1.27 bits per heavy atom. The molecule has 6 heteroatoms. The second-order valence-electron chi connectivity index (χ2n) is 1.99. The molecule has 0 spiro atoms. The summed E-state index contributed by atoms with van der Waals surface area (Å²) < 4.78 is 28.3. The Kier molecular flexibility index (Phi) is 14.5. The number of hydrogen-bond donors (Lipinski definition) is 1. The molecule has 0 fully saturated rings. The van der Waals surface area contributed by atoms with Gasteiger partial charge < -0.3 is 5.48 Å². The van der Waals surface area contributed by atoms with Gasteiger partial charge in [0, 0.05) is 29.6 Å². The maximum absolute atomic E-state index is 10.1. The van der Waals surface area contributed by atoms with Crippen LogP contribution in [0.1, 0.15) is 26.2 Å². The molecule has 0 aliphatic heterocycles. The van der Waals surface area contributed by atoms with E-state index in [4.69, 9.17) is 4.55 Å². The molecule has 0 aromatic heterocycles. The predicted molar refractivity (Wildman–Crippen MR) is 45.3 cm³/mol. The van der Waals surface area contributed by atoms with Crippen molar-refractivity contribution in [2.75, 3.05) is 5.75 Å². The van der Waals surface area contributed by atoms with E-state index in [9.17, 15) is 8.42 Å². The van der Waals surface area contributed by atoms with Crippen LogP contribution in [0.5, 0.6) is 0 Å². The molecule has 0 saturated carbocycles. The third-order valence-electron chi connectivity index (χ3n) is 1.01.